The van der Waals surface area contributed by atoms with Gasteiger partial charge in [-0.05, 0) is 17.7 Å². The van der Waals surface area contributed by atoms with Crippen molar-refractivity contribution >= 4 is 23.5 Å². The van der Waals surface area contributed by atoms with Gasteiger partial charge in [0.1, 0.15) is 12.1 Å². The van der Waals surface area contributed by atoms with Crippen molar-refractivity contribution in [1.82, 2.24) is 10.2 Å². The summed E-state index contributed by atoms with van der Waals surface area (Å²) in [7, 11) is 0. The van der Waals surface area contributed by atoms with Gasteiger partial charge < -0.3 is 15.0 Å². The Morgan fingerprint density at radius 3 is 2.43 bits per heavy atom. The topological polar surface area (TPSA) is 79.0 Å². The minimum atomic E-state index is -0.849. The highest BCUT2D eigenvalue weighted by molar-refractivity contribution is 6.22. The van der Waals surface area contributed by atoms with E-state index in [1.165, 1.54) is 0 Å². The quantitative estimate of drug-likeness (QED) is 0.826. The SMILES string of the molecule is O=C(C[C@H]1NC(=O)N(c2ccccc2)C1=O)N1CCO[C@H](c2ccccc2)C1. The summed E-state index contributed by atoms with van der Waals surface area (Å²) in [5.41, 5.74) is 1.51. The standard InChI is InChI=1S/C21H21N3O4/c25-19(23-11-12-28-18(14-23)15-7-3-1-4-8-15)13-17-20(26)24(21(27)22-17)16-9-5-2-6-10-16/h1-10,17-18H,11-14H2,(H,22,27)/t17-,18+/m1/s1. The number of ether oxygens (including phenoxy) is 1. The molecule has 7 heteroatoms. The molecule has 2 aliphatic heterocycles. The molecule has 7 nitrogen and oxygen atoms in total. The zero-order valence-electron chi connectivity index (χ0n) is 15.3. The fourth-order valence-electron chi connectivity index (χ4n) is 3.54. The summed E-state index contributed by atoms with van der Waals surface area (Å²) in [6.07, 6.45) is -0.247. The van der Waals surface area contributed by atoms with Crippen molar-refractivity contribution in [3.05, 3.63) is 66.2 Å². The minimum absolute atomic E-state index is 0.0601. The summed E-state index contributed by atoms with van der Waals surface area (Å²) in [6.45, 7) is 1.34. The number of amides is 4. The van der Waals surface area contributed by atoms with Crippen LogP contribution in [0.3, 0.4) is 0 Å². The number of imide groups is 1. The van der Waals surface area contributed by atoms with Crippen molar-refractivity contribution in [3.8, 4) is 0 Å². The molecule has 1 N–H and O–H groups in total. The van der Waals surface area contributed by atoms with Crippen LogP contribution in [0.5, 0.6) is 0 Å². The normalized spacial score (nSPS) is 22.3. The van der Waals surface area contributed by atoms with E-state index in [4.69, 9.17) is 4.74 Å². The Morgan fingerprint density at radius 1 is 1.04 bits per heavy atom. The summed E-state index contributed by atoms with van der Waals surface area (Å²) >= 11 is 0. The number of anilines is 1. The Hall–Kier alpha value is -3.19. The van der Waals surface area contributed by atoms with E-state index in [1.54, 1.807) is 29.2 Å². The summed E-state index contributed by atoms with van der Waals surface area (Å²) < 4.78 is 5.79. The lowest BCUT2D eigenvalue weighted by Gasteiger charge is -2.33. The number of para-hydroxylation sites is 1. The van der Waals surface area contributed by atoms with Gasteiger partial charge in [0.15, 0.2) is 0 Å². The molecule has 2 aliphatic rings. The van der Waals surface area contributed by atoms with Crippen molar-refractivity contribution in [2.45, 2.75) is 18.6 Å². The number of urea groups is 1. The van der Waals surface area contributed by atoms with Crippen molar-refractivity contribution in [3.63, 3.8) is 0 Å². The zero-order valence-corrected chi connectivity index (χ0v) is 15.3. The molecule has 0 bridgehead atoms. The van der Waals surface area contributed by atoms with Gasteiger partial charge in [-0.3, -0.25) is 9.59 Å². The van der Waals surface area contributed by atoms with Crippen LogP contribution in [0.25, 0.3) is 0 Å². The van der Waals surface area contributed by atoms with Crippen LogP contribution in [0, 0.1) is 0 Å². The molecule has 2 heterocycles. The molecular weight excluding hydrogens is 358 g/mol. The Morgan fingerprint density at radius 2 is 1.71 bits per heavy atom. The largest absolute Gasteiger partial charge is 0.370 e. The van der Waals surface area contributed by atoms with Gasteiger partial charge in [0.25, 0.3) is 5.91 Å². The van der Waals surface area contributed by atoms with Gasteiger partial charge in [-0.15, -0.1) is 0 Å². The second-order valence-electron chi connectivity index (χ2n) is 6.83. The molecule has 144 valence electrons. The minimum Gasteiger partial charge on any atom is -0.370 e. The molecule has 28 heavy (non-hydrogen) atoms. The number of carbonyl (C=O) groups is 3. The molecule has 4 rings (SSSR count). The van der Waals surface area contributed by atoms with Gasteiger partial charge in [-0.1, -0.05) is 48.5 Å². The van der Waals surface area contributed by atoms with E-state index >= 15 is 0 Å². The van der Waals surface area contributed by atoms with E-state index in [-0.39, 0.29) is 18.4 Å². The van der Waals surface area contributed by atoms with Crippen molar-refractivity contribution in [2.75, 3.05) is 24.6 Å². The van der Waals surface area contributed by atoms with E-state index in [2.05, 4.69) is 5.32 Å². The van der Waals surface area contributed by atoms with Crippen LogP contribution in [0.15, 0.2) is 60.7 Å². The number of morpholine rings is 1. The summed E-state index contributed by atoms with van der Waals surface area (Å²) in [4.78, 5) is 40.5. The Kier molecular flexibility index (Phi) is 5.08. The van der Waals surface area contributed by atoms with Gasteiger partial charge in [-0.25, -0.2) is 9.69 Å². The highest BCUT2D eigenvalue weighted by Crippen LogP contribution is 2.24. The van der Waals surface area contributed by atoms with E-state index in [9.17, 15) is 14.4 Å². The number of benzene rings is 2. The van der Waals surface area contributed by atoms with Gasteiger partial charge in [0.05, 0.1) is 25.3 Å². The monoisotopic (exact) mass is 379 g/mol. The molecule has 2 aromatic carbocycles. The highest BCUT2D eigenvalue weighted by Gasteiger charge is 2.41. The molecule has 2 saturated heterocycles. The van der Waals surface area contributed by atoms with Gasteiger partial charge in [0.2, 0.25) is 5.91 Å². The van der Waals surface area contributed by atoms with Crippen molar-refractivity contribution in [1.29, 1.82) is 0 Å². The van der Waals surface area contributed by atoms with E-state index < -0.39 is 18.0 Å². The van der Waals surface area contributed by atoms with Crippen LogP contribution in [0.1, 0.15) is 18.1 Å². The highest BCUT2D eigenvalue weighted by atomic mass is 16.5. The molecule has 2 atom stereocenters. The van der Waals surface area contributed by atoms with Crippen LogP contribution in [0.4, 0.5) is 10.5 Å². The predicted octanol–water partition coefficient (Wildman–Crippen LogP) is 2.10. The number of hydrogen-bond donors (Lipinski definition) is 1. The van der Waals surface area contributed by atoms with Gasteiger partial charge in [0, 0.05) is 6.54 Å². The first-order chi connectivity index (χ1) is 13.6. The number of hydrogen-bond acceptors (Lipinski definition) is 4. The maximum atomic E-state index is 12.8. The molecule has 2 fully saturated rings. The van der Waals surface area contributed by atoms with Crippen LogP contribution >= 0.6 is 0 Å². The molecule has 0 radical (unpaired) electrons. The Balaban J connectivity index is 1.41. The molecule has 0 aromatic heterocycles. The third kappa shape index (κ3) is 3.61. The first kappa shape index (κ1) is 18.2. The lowest BCUT2D eigenvalue weighted by molar-refractivity contribution is -0.140. The Labute approximate surface area is 162 Å². The average molecular weight is 379 g/mol. The molecule has 2 aromatic rings. The van der Waals surface area contributed by atoms with Crippen molar-refractivity contribution < 1.29 is 19.1 Å². The number of carbonyl (C=O) groups excluding carboxylic acids is 3. The average Bonchev–Trinajstić information content (AvgIpc) is 3.02. The number of rotatable bonds is 4. The second-order valence-corrected chi connectivity index (χ2v) is 6.83. The van der Waals surface area contributed by atoms with Crippen LogP contribution < -0.4 is 10.2 Å². The van der Waals surface area contributed by atoms with Gasteiger partial charge >= 0.3 is 6.03 Å². The predicted molar refractivity (Wildman–Crippen MR) is 103 cm³/mol. The van der Waals surface area contributed by atoms with Crippen LogP contribution in [-0.4, -0.2) is 48.5 Å². The van der Waals surface area contributed by atoms with E-state index in [1.807, 2.05) is 36.4 Å². The molecular formula is C21H21N3O4. The molecule has 0 unspecified atom stereocenters. The first-order valence-corrected chi connectivity index (χ1v) is 9.27. The third-order valence-corrected chi connectivity index (χ3v) is 5.00. The summed E-state index contributed by atoms with van der Waals surface area (Å²) in [5, 5.41) is 2.62. The molecule has 0 spiro atoms. The third-order valence-electron chi connectivity index (χ3n) is 5.00. The van der Waals surface area contributed by atoms with Crippen LogP contribution in [0.2, 0.25) is 0 Å². The fourth-order valence-corrected chi connectivity index (χ4v) is 3.54. The fraction of sp³-hybridized carbons (Fsp3) is 0.286. The summed E-state index contributed by atoms with van der Waals surface area (Å²) in [6, 6.07) is 17.1. The number of nitrogens with one attached hydrogen (secondary N) is 1. The Bertz CT molecular complexity index is 872. The first-order valence-electron chi connectivity index (χ1n) is 9.27. The van der Waals surface area contributed by atoms with Crippen LogP contribution in [-0.2, 0) is 14.3 Å². The van der Waals surface area contributed by atoms with Crippen molar-refractivity contribution in [2.24, 2.45) is 0 Å². The molecule has 0 saturated carbocycles. The smallest absolute Gasteiger partial charge is 0.329 e. The maximum Gasteiger partial charge on any atom is 0.329 e. The lowest BCUT2D eigenvalue weighted by atomic mass is 10.1. The number of nitrogens with zero attached hydrogens (tertiary/aromatic N) is 2. The zero-order chi connectivity index (χ0) is 19.5. The maximum absolute atomic E-state index is 12.8. The second kappa shape index (κ2) is 7.82. The lowest BCUT2D eigenvalue weighted by Crippen LogP contribution is -2.45. The molecule has 0 aliphatic carbocycles. The summed E-state index contributed by atoms with van der Waals surface area (Å²) in [5.74, 6) is -0.574. The molecule has 4 amide bonds. The van der Waals surface area contributed by atoms with E-state index in [0.717, 1.165) is 10.5 Å². The van der Waals surface area contributed by atoms with E-state index in [0.29, 0.717) is 25.4 Å². The van der Waals surface area contributed by atoms with Gasteiger partial charge in [-0.2, -0.15) is 0 Å².